The molecule has 3 aromatic rings. The third-order valence-corrected chi connectivity index (χ3v) is 8.95. The predicted octanol–water partition coefficient (Wildman–Crippen LogP) is 4.67. The number of likely N-dealkylation sites (tertiary alicyclic amines) is 1. The van der Waals surface area contributed by atoms with Crippen LogP contribution in [-0.4, -0.2) is 54.8 Å². The Balaban J connectivity index is 1.25. The number of fused-ring (bicyclic) bond motifs is 2. The van der Waals surface area contributed by atoms with Crippen LogP contribution in [0.5, 0.6) is 11.5 Å². The third-order valence-electron chi connectivity index (χ3n) is 7.39. The molecule has 2 unspecified atom stereocenters. The largest absolute Gasteiger partial charge is 0.486 e. The highest BCUT2D eigenvalue weighted by atomic mass is 35.5. The maximum atomic E-state index is 13.7. The van der Waals surface area contributed by atoms with Crippen LogP contribution in [0.4, 0.5) is 0 Å². The molecule has 1 aliphatic carbocycles. The first-order chi connectivity index (χ1) is 17.0. The molecule has 1 amide bonds. The lowest BCUT2D eigenvalue weighted by Gasteiger charge is -2.30. The van der Waals surface area contributed by atoms with E-state index in [1.807, 2.05) is 36.4 Å². The minimum atomic E-state index is -0.854. The lowest BCUT2D eigenvalue weighted by Crippen LogP contribution is -2.49. The first-order valence-electron chi connectivity index (χ1n) is 12.3. The van der Waals surface area contributed by atoms with Crippen LogP contribution in [0.25, 0.3) is 10.1 Å². The minimum absolute atomic E-state index is 0.00376. The van der Waals surface area contributed by atoms with Crippen LogP contribution in [0, 0.1) is 0 Å². The molecule has 2 N–H and O–H groups in total. The van der Waals surface area contributed by atoms with Crippen LogP contribution in [0.2, 0.25) is 5.02 Å². The molecule has 0 spiro atoms. The zero-order valence-corrected chi connectivity index (χ0v) is 21.0. The molecule has 184 valence electrons. The zero-order valence-electron chi connectivity index (χ0n) is 19.5. The highest BCUT2D eigenvalue weighted by molar-refractivity contribution is 7.19. The maximum absolute atomic E-state index is 13.7. The Bertz CT molecular complexity index is 1250. The SMILES string of the molecule is O=C(NC(CN1CCCC1)C(O)c1ccc2c(c1)OCCO2)C1(c2cc3cc(Cl)ccc3s2)CC1. The van der Waals surface area contributed by atoms with Crippen molar-refractivity contribution >= 4 is 38.9 Å². The van der Waals surface area contributed by atoms with Gasteiger partial charge in [0.1, 0.15) is 19.3 Å². The van der Waals surface area contributed by atoms with E-state index in [1.54, 1.807) is 11.3 Å². The number of thiophene rings is 1. The first-order valence-corrected chi connectivity index (χ1v) is 13.5. The van der Waals surface area contributed by atoms with Crippen molar-refractivity contribution in [2.75, 3.05) is 32.8 Å². The van der Waals surface area contributed by atoms with E-state index in [1.165, 1.54) is 0 Å². The summed E-state index contributed by atoms with van der Waals surface area (Å²) in [7, 11) is 0. The molecule has 2 atom stereocenters. The van der Waals surface area contributed by atoms with Crippen LogP contribution >= 0.6 is 22.9 Å². The summed E-state index contributed by atoms with van der Waals surface area (Å²) < 4.78 is 12.5. The van der Waals surface area contributed by atoms with Crippen molar-refractivity contribution in [2.24, 2.45) is 0 Å². The van der Waals surface area contributed by atoms with Crippen molar-refractivity contribution in [1.29, 1.82) is 0 Å². The Morgan fingerprint density at radius 2 is 1.86 bits per heavy atom. The van der Waals surface area contributed by atoms with Crippen LogP contribution in [-0.2, 0) is 10.2 Å². The van der Waals surface area contributed by atoms with Gasteiger partial charge in [-0.1, -0.05) is 17.7 Å². The van der Waals surface area contributed by atoms with E-state index in [0.29, 0.717) is 36.3 Å². The van der Waals surface area contributed by atoms with E-state index in [0.717, 1.165) is 59.3 Å². The highest BCUT2D eigenvalue weighted by Crippen LogP contribution is 2.52. The molecule has 0 bridgehead atoms. The second kappa shape index (κ2) is 9.28. The summed E-state index contributed by atoms with van der Waals surface area (Å²) in [6.07, 6.45) is 3.07. The van der Waals surface area contributed by atoms with Gasteiger partial charge in [-0.2, -0.15) is 0 Å². The number of aliphatic hydroxyl groups excluding tert-OH is 1. The van der Waals surface area contributed by atoms with Crippen molar-refractivity contribution in [2.45, 2.75) is 43.2 Å². The Kier molecular flexibility index (Phi) is 6.13. The number of amides is 1. The number of rotatable bonds is 7. The standard InChI is InChI=1S/C27H29ClN2O4S/c28-19-4-6-23-18(13-19)15-24(35-23)27(7-8-27)26(32)29-20(16-30-9-1-2-10-30)25(31)17-3-5-21-22(14-17)34-12-11-33-21/h3-6,13-15,20,25,31H,1-2,7-12,16H2,(H,29,32). The normalized spacial score (nSPS) is 20.5. The van der Waals surface area contributed by atoms with Crippen molar-refractivity contribution in [3.63, 3.8) is 0 Å². The molecule has 1 saturated carbocycles. The topological polar surface area (TPSA) is 71.0 Å². The van der Waals surface area contributed by atoms with Gasteiger partial charge in [-0.3, -0.25) is 4.79 Å². The van der Waals surface area contributed by atoms with Gasteiger partial charge >= 0.3 is 0 Å². The van der Waals surface area contributed by atoms with Crippen LogP contribution in [0.3, 0.4) is 0 Å². The Morgan fingerprint density at radius 1 is 1.09 bits per heavy atom. The van der Waals surface area contributed by atoms with Crippen LogP contribution < -0.4 is 14.8 Å². The van der Waals surface area contributed by atoms with E-state index < -0.39 is 17.6 Å². The number of ether oxygens (including phenoxy) is 2. The number of halogens is 1. The summed E-state index contributed by atoms with van der Waals surface area (Å²) in [5, 5.41) is 16.5. The molecule has 1 aromatic heterocycles. The number of nitrogens with one attached hydrogen (secondary N) is 1. The maximum Gasteiger partial charge on any atom is 0.231 e. The lowest BCUT2D eigenvalue weighted by atomic mass is 9.98. The smallest absolute Gasteiger partial charge is 0.231 e. The molecular formula is C27H29ClN2O4S. The van der Waals surface area contributed by atoms with Gasteiger partial charge in [0.05, 0.1) is 11.5 Å². The molecule has 0 radical (unpaired) electrons. The van der Waals surface area contributed by atoms with Crippen molar-refractivity contribution in [3.8, 4) is 11.5 Å². The summed E-state index contributed by atoms with van der Waals surface area (Å²) in [4.78, 5) is 17.1. The molecule has 1 saturated heterocycles. The first kappa shape index (κ1) is 23.1. The number of aliphatic hydroxyl groups is 1. The van der Waals surface area contributed by atoms with Gasteiger partial charge in [-0.25, -0.2) is 0 Å². The molecule has 2 aromatic carbocycles. The van der Waals surface area contributed by atoms with Gasteiger partial charge in [-0.05, 0) is 86.1 Å². The molecule has 8 heteroatoms. The lowest BCUT2D eigenvalue weighted by molar-refractivity contribution is -0.125. The number of nitrogens with zero attached hydrogens (tertiary/aromatic N) is 1. The predicted molar refractivity (Wildman–Crippen MR) is 138 cm³/mol. The Morgan fingerprint density at radius 3 is 2.63 bits per heavy atom. The monoisotopic (exact) mass is 512 g/mol. The van der Waals surface area contributed by atoms with Crippen LogP contribution in [0.15, 0.2) is 42.5 Å². The molecule has 2 aliphatic heterocycles. The van der Waals surface area contributed by atoms with Gasteiger partial charge in [-0.15, -0.1) is 11.3 Å². The van der Waals surface area contributed by atoms with Gasteiger partial charge in [0.15, 0.2) is 11.5 Å². The average molecular weight is 513 g/mol. The summed E-state index contributed by atoms with van der Waals surface area (Å²) >= 11 is 7.84. The minimum Gasteiger partial charge on any atom is -0.486 e. The Hall–Kier alpha value is -2.32. The van der Waals surface area contributed by atoms with E-state index in [4.69, 9.17) is 21.1 Å². The molecule has 2 fully saturated rings. The molecule has 3 aliphatic rings. The number of carbonyl (C=O) groups is 1. The molecule has 6 nitrogen and oxygen atoms in total. The molecule has 3 heterocycles. The van der Waals surface area contributed by atoms with Gasteiger partial charge in [0, 0.05) is 21.1 Å². The highest BCUT2D eigenvalue weighted by Gasteiger charge is 2.53. The van der Waals surface area contributed by atoms with E-state index >= 15 is 0 Å². The van der Waals surface area contributed by atoms with E-state index in [2.05, 4.69) is 16.3 Å². The van der Waals surface area contributed by atoms with Crippen molar-refractivity contribution in [3.05, 3.63) is 57.9 Å². The van der Waals surface area contributed by atoms with Gasteiger partial charge in [0.25, 0.3) is 0 Å². The fourth-order valence-electron chi connectivity index (χ4n) is 5.21. The van der Waals surface area contributed by atoms with Crippen LogP contribution in [0.1, 0.15) is 42.2 Å². The summed E-state index contributed by atoms with van der Waals surface area (Å²) in [6.45, 7) is 3.60. The number of carbonyl (C=O) groups excluding carboxylic acids is 1. The third kappa shape index (κ3) is 4.51. The second-order valence-corrected chi connectivity index (χ2v) is 11.3. The fraction of sp³-hybridized carbons (Fsp3) is 0.444. The zero-order chi connectivity index (χ0) is 24.0. The molecular weight excluding hydrogens is 484 g/mol. The Labute approximate surface area is 213 Å². The van der Waals surface area contributed by atoms with Gasteiger partial charge in [0.2, 0.25) is 5.91 Å². The van der Waals surface area contributed by atoms with E-state index in [9.17, 15) is 9.90 Å². The van der Waals surface area contributed by atoms with Gasteiger partial charge < -0.3 is 24.8 Å². The van der Waals surface area contributed by atoms with Crippen molar-refractivity contribution in [1.82, 2.24) is 10.2 Å². The quantitative estimate of drug-likeness (QED) is 0.481. The summed E-state index contributed by atoms with van der Waals surface area (Å²) in [6, 6.07) is 13.1. The molecule has 35 heavy (non-hydrogen) atoms. The summed E-state index contributed by atoms with van der Waals surface area (Å²) in [5.74, 6) is 1.33. The number of hydrogen-bond donors (Lipinski definition) is 2. The second-order valence-electron chi connectivity index (χ2n) is 9.81. The molecule has 6 rings (SSSR count). The number of hydrogen-bond acceptors (Lipinski definition) is 6. The van der Waals surface area contributed by atoms with Crippen molar-refractivity contribution < 1.29 is 19.4 Å². The van der Waals surface area contributed by atoms with E-state index in [-0.39, 0.29) is 5.91 Å². The summed E-state index contributed by atoms with van der Waals surface area (Å²) in [5.41, 5.74) is 0.200. The average Bonchev–Trinajstić information content (AvgIpc) is 3.31. The number of benzene rings is 2. The fourth-order valence-corrected chi connectivity index (χ4v) is 6.68.